The third-order valence-corrected chi connectivity index (χ3v) is 2.80. The van der Waals surface area contributed by atoms with Gasteiger partial charge in [-0.15, -0.1) is 10.2 Å². The van der Waals surface area contributed by atoms with Gasteiger partial charge in [0.25, 0.3) is 5.91 Å². The molecule has 2 heterocycles. The van der Waals surface area contributed by atoms with Gasteiger partial charge in [-0.1, -0.05) is 12.1 Å². The lowest BCUT2D eigenvalue weighted by molar-refractivity contribution is -0.142. The summed E-state index contributed by atoms with van der Waals surface area (Å²) in [4.78, 5) is 16.1. The summed E-state index contributed by atoms with van der Waals surface area (Å²) in [5, 5.41) is 13.4. The number of para-hydroxylation sites is 1. The van der Waals surface area contributed by atoms with Crippen molar-refractivity contribution in [2.75, 3.05) is 5.32 Å². The van der Waals surface area contributed by atoms with Crippen LogP contribution in [0.5, 0.6) is 0 Å². The number of aromatic nitrogens is 5. The van der Waals surface area contributed by atoms with E-state index in [1.165, 1.54) is 0 Å². The maximum Gasteiger partial charge on any atom is 0.408 e. The van der Waals surface area contributed by atoms with Crippen molar-refractivity contribution in [2.45, 2.75) is 12.7 Å². The minimum atomic E-state index is -4.39. The Kier molecular flexibility index (Phi) is 3.64. The molecule has 0 aliphatic heterocycles. The zero-order valence-corrected chi connectivity index (χ0v) is 11.4. The van der Waals surface area contributed by atoms with Crippen LogP contribution in [0.15, 0.2) is 36.7 Å². The lowest BCUT2D eigenvalue weighted by Crippen LogP contribution is -2.18. The molecule has 1 aromatic carbocycles. The molecule has 0 bridgehead atoms. The van der Waals surface area contributed by atoms with Crippen molar-refractivity contribution < 1.29 is 18.0 Å². The Morgan fingerprint density at radius 1 is 1.17 bits per heavy atom. The Labute approximate surface area is 127 Å². The Morgan fingerprint density at radius 2 is 1.91 bits per heavy atom. The third kappa shape index (κ3) is 3.59. The first-order chi connectivity index (χ1) is 10.9. The van der Waals surface area contributed by atoms with Crippen molar-refractivity contribution in [3.63, 3.8) is 0 Å². The Bertz CT molecular complexity index is 860. The highest BCUT2D eigenvalue weighted by Gasteiger charge is 2.28. The van der Waals surface area contributed by atoms with Gasteiger partial charge in [-0.25, -0.2) is 4.98 Å². The number of hydrogen-bond donors (Lipinski definition) is 1. The molecule has 3 rings (SSSR count). The number of carbonyl (C=O) groups is 1. The Morgan fingerprint density at radius 3 is 2.65 bits per heavy atom. The van der Waals surface area contributed by atoms with Gasteiger partial charge >= 0.3 is 6.18 Å². The normalized spacial score (nSPS) is 11.6. The molecule has 0 unspecified atom stereocenters. The van der Waals surface area contributed by atoms with Gasteiger partial charge < -0.3 is 5.32 Å². The lowest BCUT2D eigenvalue weighted by Gasteiger charge is -2.05. The fraction of sp³-hybridized carbons (Fsp3) is 0.154. The van der Waals surface area contributed by atoms with Crippen LogP contribution in [0.25, 0.3) is 11.0 Å². The van der Waals surface area contributed by atoms with Gasteiger partial charge in [-0.3, -0.25) is 9.48 Å². The fourth-order valence-electron chi connectivity index (χ4n) is 1.86. The first kappa shape index (κ1) is 14.9. The van der Waals surface area contributed by atoms with Crippen molar-refractivity contribution in [2.24, 2.45) is 0 Å². The molecule has 0 fully saturated rings. The molecule has 1 N–H and O–H groups in total. The average Bonchev–Trinajstić information content (AvgIpc) is 2.91. The Hall–Kier alpha value is -3.04. The van der Waals surface area contributed by atoms with Crippen LogP contribution in [0.4, 0.5) is 18.9 Å². The van der Waals surface area contributed by atoms with Gasteiger partial charge in [0.05, 0.1) is 17.4 Å². The topological polar surface area (TPSA) is 85.6 Å². The number of benzene rings is 1. The second-order valence-corrected chi connectivity index (χ2v) is 4.62. The lowest BCUT2D eigenvalue weighted by atomic mass is 10.3. The molecule has 23 heavy (non-hydrogen) atoms. The van der Waals surface area contributed by atoms with E-state index in [4.69, 9.17) is 0 Å². The van der Waals surface area contributed by atoms with Crippen LogP contribution in [-0.4, -0.2) is 37.0 Å². The minimum absolute atomic E-state index is 0.107. The van der Waals surface area contributed by atoms with Crippen molar-refractivity contribution in [1.82, 2.24) is 25.0 Å². The number of anilines is 1. The van der Waals surface area contributed by atoms with E-state index in [-0.39, 0.29) is 11.5 Å². The summed E-state index contributed by atoms with van der Waals surface area (Å²) in [6, 6.07) is 6.85. The summed E-state index contributed by atoms with van der Waals surface area (Å²) in [6.07, 6.45) is -2.21. The molecule has 0 aliphatic rings. The predicted molar refractivity (Wildman–Crippen MR) is 73.6 cm³/mol. The van der Waals surface area contributed by atoms with E-state index >= 15 is 0 Å². The van der Waals surface area contributed by atoms with Crippen molar-refractivity contribution in [3.05, 3.63) is 42.5 Å². The monoisotopic (exact) mass is 322 g/mol. The zero-order valence-electron chi connectivity index (χ0n) is 11.4. The number of nitrogens with zero attached hydrogens (tertiary/aromatic N) is 5. The zero-order chi connectivity index (χ0) is 16.4. The van der Waals surface area contributed by atoms with E-state index in [1.807, 2.05) is 0 Å². The molecule has 10 heteroatoms. The maximum atomic E-state index is 12.2. The molecule has 0 saturated carbocycles. The second kappa shape index (κ2) is 5.63. The van der Waals surface area contributed by atoms with Crippen LogP contribution in [0, 0.1) is 0 Å². The maximum absolute atomic E-state index is 12.2. The molecule has 0 saturated heterocycles. The quantitative estimate of drug-likeness (QED) is 0.797. The number of halogens is 3. The van der Waals surface area contributed by atoms with Crippen LogP contribution >= 0.6 is 0 Å². The van der Waals surface area contributed by atoms with Crippen LogP contribution < -0.4 is 5.32 Å². The standard InChI is InChI=1S/C13H9F3N6O/c14-13(15,16)7-22-6-8(5-17-22)18-12(23)11-19-9-3-1-2-4-10(9)20-21-11/h1-6H,7H2,(H,18,23). The summed E-state index contributed by atoms with van der Waals surface area (Å²) in [5.41, 5.74) is 1.12. The van der Waals surface area contributed by atoms with E-state index in [2.05, 4.69) is 25.6 Å². The average molecular weight is 322 g/mol. The Balaban J connectivity index is 1.75. The molecule has 0 aliphatic carbocycles. The summed E-state index contributed by atoms with van der Waals surface area (Å²) < 4.78 is 37.4. The molecule has 118 valence electrons. The summed E-state index contributed by atoms with van der Waals surface area (Å²) in [6.45, 7) is -1.24. The summed E-state index contributed by atoms with van der Waals surface area (Å²) in [5.74, 6) is -0.873. The van der Waals surface area contributed by atoms with Crippen molar-refractivity contribution in [3.8, 4) is 0 Å². The summed E-state index contributed by atoms with van der Waals surface area (Å²) >= 11 is 0. The highest BCUT2D eigenvalue weighted by atomic mass is 19.4. The first-order valence-corrected chi connectivity index (χ1v) is 6.41. The molecule has 2 aromatic heterocycles. The second-order valence-electron chi connectivity index (χ2n) is 4.62. The number of amides is 1. The van der Waals surface area contributed by atoms with Gasteiger partial charge in [0.1, 0.15) is 12.1 Å². The molecular formula is C13H9F3N6O. The van der Waals surface area contributed by atoms with Crippen LogP contribution in [0.3, 0.4) is 0 Å². The molecule has 7 nitrogen and oxygen atoms in total. The van der Waals surface area contributed by atoms with E-state index in [1.54, 1.807) is 24.3 Å². The fourth-order valence-corrected chi connectivity index (χ4v) is 1.86. The van der Waals surface area contributed by atoms with Gasteiger partial charge in [-0.05, 0) is 12.1 Å². The molecule has 0 spiro atoms. The summed E-state index contributed by atoms with van der Waals surface area (Å²) in [7, 11) is 0. The highest BCUT2D eigenvalue weighted by Crippen LogP contribution is 2.18. The van der Waals surface area contributed by atoms with E-state index < -0.39 is 18.6 Å². The van der Waals surface area contributed by atoms with Gasteiger partial charge in [0.15, 0.2) is 0 Å². The largest absolute Gasteiger partial charge is 0.408 e. The van der Waals surface area contributed by atoms with E-state index in [0.717, 1.165) is 12.4 Å². The SMILES string of the molecule is O=C(Nc1cnn(CC(F)(F)F)c1)c1nnc2ccccc2n1. The van der Waals surface area contributed by atoms with Crippen LogP contribution in [0.1, 0.15) is 10.6 Å². The van der Waals surface area contributed by atoms with Crippen LogP contribution in [0.2, 0.25) is 0 Å². The number of nitrogens with one attached hydrogen (secondary N) is 1. The highest BCUT2D eigenvalue weighted by molar-refractivity contribution is 6.01. The van der Waals surface area contributed by atoms with Gasteiger partial charge in [-0.2, -0.15) is 18.3 Å². The third-order valence-electron chi connectivity index (χ3n) is 2.80. The van der Waals surface area contributed by atoms with Crippen molar-refractivity contribution >= 4 is 22.6 Å². The molecule has 3 aromatic rings. The van der Waals surface area contributed by atoms with E-state index in [0.29, 0.717) is 15.7 Å². The van der Waals surface area contributed by atoms with E-state index in [9.17, 15) is 18.0 Å². The first-order valence-electron chi connectivity index (χ1n) is 6.41. The minimum Gasteiger partial charge on any atom is -0.316 e. The molecule has 1 amide bonds. The smallest absolute Gasteiger partial charge is 0.316 e. The number of hydrogen-bond acceptors (Lipinski definition) is 5. The molecule has 0 radical (unpaired) electrons. The number of fused-ring (bicyclic) bond motifs is 1. The van der Waals surface area contributed by atoms with Gasteiger partial charge in [0.2, 0.25) is 5.82 Å². The predicted octanol–water partition coefficient (Wildman–Crippen LogP) is 2.04. The molecule has 0 atom stereocenters. The van der Waals surface area contributed by atoms with Gasteiger partial charge in [0, 0.05) is 6.20 Å². The van der Waals surface area contributed by atoms with Crippen LogP contribution in [-0.2, 0) is 6.54 Å². The van der Waals surface area contributed by atoms with Crippen molar-refractivity contribution in [1.29, 1.82) is 0 Å². The molecular weight excluding hydrogens is 313 g/mol. The number of rotatable bonds is 3. The number of carbonyl (C=O) groups excluding carboxylic acids is 1. The number of alkyl halides is 3.